The maximum Gasteiger partial charge on any atom is 0.122 e. The van der Waals surface area contributed by atoms with Crippen molar-refractivity contribution in [1.29, 1.82) is 5.26 Å². The van der Waals surface area contributed by atoms with E-state index in [0.29, 0.717) is 0 Å². The van der Waals surface area contributed by atoms with E-state index >= 15 is 0 Å². The molecule has 1 heterocycles. The van der Waals surface area contributed by atoms with Crippen molar-refractivity contribution in [3.8, 4) is 11.8 Å². The van der Waals surface area contributed by atoms with Crippen LogP contribution in [0.25, 0.3) is 0 Å². The predicted octanol–water partition coefficient (Wildman–Crippen LogP) is 2.60. The third-order valence-electron chi connectivity index (χ3n) is 3.17. The van der Waals surface area contributed by atoms with Crippen LogP contribution in [0.2, 0.25) is 0 Å². The summed E-state index contributed by atoms with van der Waals surface area (Å²) in [7, 11) is 2.06. The molecule has 0 N–H and O–H groups in total. The van der Waals surface area contributed by atoms with E-state index in [2.05, 4.69) is 36.2 Å². The number of hydrogen-bond acceptors (Lipinski definition) is 3. The minimum atomic E-state index is -0.297. The molecule has 0 radical (unpaired) electrons. The molecule has 1 aromatic rings. The summed E-state index contributed by atoms with van der Waals surface area (Å²) in [5.41, 5.74) is 2.30. The Morgan fingerprint density at radius 1 is 1.44 bits per heavy atom. The molecule has 0 unspecified atom stereocenters. The van der Waals surface area contributed by atoms with Gasteiger partial charge in [0.1, 0.15) is 5.75 Å². The first-order chi connectivity index (χ1) is 8.50. The Morgan fingerprint density at radius 2 is 2.22 bits per heavy atom. The quantitative estimate of drug-likeness (QED) is 0.817. The van der Waals surface area contributed by atoms with Crippen LogP contribution >= 0.6 is 0 Å². The van der Waals surface area contributed by atoms with E-state index in [1.165, 1.54) is 11.1 Å². The fourth-order valence-electron chi connectivity index (χ4n) is 2.42. The fourth-order valence-corrected chi connectivity index (χ4v) is 2.42. The monoisotopic (exact) mass is 244 g/mol. The highest BCUT2D eigenvalue weighted by Gasteiger charge is 2.19. The van der Waals surface area contributed by atoms with Gasteiger partial charge in [0.2, 0.25) is 0 Å². The molecule has 3 heteroatoms. The van der Waals surface area contributed by atoms with Crippen LogP contribution < -0.4 is 4.74 Å². The Balaban J connectivity index is 2.00. The third kappa shape index (κ3) is 3.02. The summed E-state index contributed by atoms with van der Waals surface area (Å²) in [5.74, 6) is 1.03. The number of nitriles is 1. The fraction of sp³-hybridized carbons (Fsp3) is 0.533. The molecule has 0 spiro atoms. The number of hydrogen-bond donors (Lipinski definition) is 0. The Bertz CT molecular complexity index is 474. The molecule has 2 rings (SSSR count). The molecule has 3 nitrogen and oxygen atoms in total. The van der Waals surface area contributed by atoms with Crippen LogP contribution in [0.1, 0.15) is 25.0 Å². The van der Waals surface area contributed by atoms with Gasteiger partial charge in [0.15, 0.2) is 0 Å². The largest absolute Gasteiger partial charge is 0.493 e. The number of nitrogens with zero attached hydrogens (tertiary/aromatic N) is 2. The zero-order valence-electron chi connectivity index (χ0n) is 11.4. The van der Waals surface area contributed by atoms with Gasteiger partial charge in [0, 0.05) is 19.5 Å². The number of ether oxygens (including phenoxy) is 1. The third-order valence-corrected chi connectivity index (χ3v) is 3.17. The van der Waals surface area contributed by atoms with Crippen LogP contribution in [-0.4, -0.2) is 25.1 Å². The molecule has 0 aromatic heterocycles. The highest BCUT2D eigenvalue weighted by Crippen LogP contribution is 2.26. The van der Waals surface area contributed by atoms with Crippen molar-refractivity contribution in [3.63, 3.8) is 0 Å². The van der Waals surface area contributed by atoms with E-state index in [0.717, 1.165) is 31.9 Å². The molecule has 0 atom stereocenters. The SMILES string of the molecule is CN(Cc1ccc2c(c1)CCO2)CC(C)(C)C#N. The molecule has 1 aliphatic heterocycles. The van der Waals surface area contributed by atoms with Crippen molar-refractivity contribution in [2.45, 2.75) is 26.8 Å². The topological polar surface area (TPSA) is 36.3 Å². The molecule has 0 saturated carbocycles. The normalized spacial score (nSPS) is 14.2. The van der Waals surface area contributed by atoms with Gasteiger partial charge in [0.25, 0.3) is 0 Å². The van der Waals surface area contributed by atoms with Crippen molar-refractivity contribution in [3.05, 3.63) is 29.3 Å². The average Bonchev–Trinajstić information content (AvgIpc) is 2.75. The van der Waals surface area contributed by atoms with Crippen molar-refractivity contribution < 1.29 is 4.74 Å². The van der Waals surface area contributed by atoms with Gasteiger partial charge in [-0.15, -0.1) is 0 Å². The van der Waals surface area contributed by atoms with Gasteiger partial charge in [-0.3, -0.25) is 0 Å². The van der Waals surface area contributed by atoms with Gasteiger partial charge >= 0.3 is 0 Å². The summed E-state index contributed by atoms with van der Waals surface area (Å²) >= 11 is 0. The van der Waals surface area contributed by atoms with Crippen molar-refractivity contribution >= 4 is 0 Å². The molecular weight excluding hydrogens is 224 g/mol. The van der Waals surface area contributed by atoms with Crippen LogP contribution in [0.15, 0.2) is 18.2 Å². The highest BCUT2D eigenvalue weighted by atomic mass is 16.5. The summed E-state index contributed by atoms with van der Waals surface area (Å²) in [6.07, 6.45) is 1.01. The van der Waals surface area contributed by atoms with Crippen LogP contribution in [0.5, 0.6) is 5.75 Å². The Morgan fingerprint density at radius 3 is 2.94 bits per heavy atom. The summed E-state index contributed by atoms with van der Waals surface area (Å²) in [4.78, 5) is 2.20. The Labute approximate surface area is 109 Å². The summed E-state index contributed by atoms with van der Waals surface area (Å²) in [6, 6.07) is 8.73. The lowest BCUT2D eigenvalue weighted by molar-refractivity contribution is 0.248. The average molecular weight is 244 g/mol. The second kappa shape index (κ2) is 4.99. The van der Waals surface area contributed by atoms with Crippen molar-refractivity contribution in [2.24, 2.45) is 5.41 Å². The van der Waals surface area contributed by atoms with Crippen LogP contribution in [0, 0.1) is 16.7 Å². The van der Waals surface area contributed by atoms with E-state index in [1.807, 2.05) is 13.8 Å². The second-order valence-electron chi connectivity index (χ2n) is 5.71. The number of benzene rings is 1. The molecular formula is C15H20N2O. The van der Waals surface area contributed by atoms with Crippen molar-refractivity contribution in [2.75, 3.05) is 20.2 Å². The molecule has 1 aromatic carbocycles. The van der Waals surface area contributed by atoms with Gasteiger partial charge in [0.05, 0.1) is 18.1 Å². The first-order valence-corrected chi connectivity index (χ1v) is 6.34. The molecule has 0 amide bonds. The van der Waals surface area contributed by atoms with E-state index in [4.69, 9.17) is 10.00 Å². The summed E-state index contributed by atoms with van der Waals surface area (Å²) in [5, 5.41) is 9.04. The minimum absolute atomic E-state index is 0.297. The molecule has 0 aliphatic carbocycles. The standard InChI is InChI=1S/C15H20N2O/c1-15(2,10-16)11-17(3)9-12-4-5-14-13(8-12)6-7-18-14/h4-5,8H,6-7,9,11H2,1-3H3. The Kier molecular flexibility index (Phi) is 3.58. The maximum absolute atomic E-state index is 9.04. The Hall–Kier alpha value is -1.53. The first-order valence-electron chi connectivity index (χ1n) is 6.34. The number of rotatable bonds is 4. The molecule has 0 bridgehead atoms. The van der Waals surface area contributed by atoms with Gasteiger partial charge in [-0.05, 0) is 38.1 Å². The van der Waals surface area contributed by atoms with Gasteiger partial charge in [-0.1, -0.05) is 12.1 Å². The van der Waals surface area contributed by atoms with Crippen LogP contribution in [0.3, 0.4) is 0 Å². The van der Waals surface area contributed by atoms with E-state index in [9.17, 15) is 0 Å². The smallest absolute Gasteiger partial charge is 0.122 e. The minimum Gasteiger partial charge on any atom is -0.493 e. The van der Waals surface area contributed by atoms with Gasteiger partial charge in [-0.25, -0.2) is 0 Å². The zero-order valence-corrected chi connectivity index (χ0v) is 11.4. The lowest BCUT2D eigenvalue weighted by atomic mass is 9.95. The molecule has 1 aliphatic rings. The van der Waals surface area contributed by atoms with Gasteiger partial charge in [-0.2, -0.15) is 5.26 Å². The van der Waals surface area contributed by atoms with E-state index in [-0.39, 0.29) is 5.41 Å². The summed E-state index contributed by atoms with van der Waals surface area (Å²) in [6.45, 7) is 6.39. The lowest BCUT2D eigenvalue weighted by Gasteiger charge is -2.24. The van der Waals surface area contributed by atoms with Crippen molar-refractivity contribution in [1.82, 2.24) is 4.90 Å². The molecule has 96 valence electrons. The van der Waals surface area contributed by atoms with E-state index < -0.39 is 0 Å². The predicted molar refractivity (Wildman–Crippen MR) is 71.4 cm³/mol. The molecule has 0 saturated heterocycles. The van der Waals surface area contributed by atoms with Crippen LogP contribution in [0.4, 0.5) is 0 Å². The lowest BCUT2D eigenvalue weighted by Crippen LogP contribution is -2.29. The molecule has 18 heavy (non-hydrogen) atoms. The van der Waals surface area contributed by atoms with E-state index in [1.54, 1.807) is 0 Å². The van der Waals surface area contributed by atoms with Gasteiger partial charge < -0.3 is 9.64 Å². The second-order valence-corrected chi connectivity index (χ2v) is 5.71. The first kappa shape index (κ1) is 12.9. The summed E-state index contributed by atoms with van der Waals surface area (Å²) < 4.78 is 5.50. The molecule has 0 fully saturated rings. The van der Waals surface area contributed by atoms with Crippen LogP contribution in [-0.2, 0) is 13.0 Å². The zero-order chi connectivity index (χ0) is 13.2. The highest BCUT2D eigenvalue weighted by molar-refractivity contribution is 5.39. The number of fused-ring (bicyclic) bond motifs is 1. The maximum atomic E-state index is 9.04.